The fourth-order valence-electron chi connectivity index (χ4n) is 4.10. The van der Waals surface area contributed by atoms with Crippen LogP contribution < -0.4 is 14.5 Å². The number of hydrogen-bond donors (Lipinski definition) is 0. The zero-order valence-electron chi connectivity index (χ0n) is 21.2. The highest BCUT2D eigenvalue weighted by Gasteiger charge is 2.28. The van der Waals surface area contributed by atoms with Gasteiger partial charge in [-0.3, -0.25) is 9.59 Å². The standard InChI is InChI=1S/C27H38N4O3/c1-6-7-18-34-25-14-8-21(9-15-25)27(33)30(5)22-10-12-23(13-11-22)31-17-16-24(19-31)29(4)26(32)20-28(2)3/h8-15,24H,6-7,16-20H2,1-5H3/t24-/m1/s1. The summed E-state index contributed by atoms with van der Waals surface area (Å²) < 4.78 is 5.69. The fourth-order valence-corrected chi connectivity index (χ4v) is 4.10. The van der Waals surface area contributed by atoms with Gasteiger partial charge in [0.1, 0.15) is 5.75 Å². The second-order valence-corrected chi connectivity index (χ2v) is 9.24. The summed E-state index contributed by atoms with van der Waals surface area (Å²) >= 11 is 0. The van der Waals surface area contributed by atoms with E-state index in [1.807, 2.05) is 79.5 Å². The molecule has 0 bridgehead atoms. The third-order valence-corrected chi connectivity index (χ3v) is 6.33. The molecule has 2 aromatic rings. The van der Waals surface area contributed by atoms with E-state index in [2.05, 4.69) is 11.8 Å². The minimum Gasteiger partial charge on any atom is -0.494 e. The Morgan fingerprint density at radius 2 is 1.68 bits per heavy atom. The minimum atomic E-state index is -0.0601. The van der Waals surface area contributed by atoms with E-state index in [4.69, 9.17) is 4.74 Å². The van der Waals surface area contributed by atoms with Crippen LogP contribution in [0, 0.1) is 0 Å². The summed E-state index contributed by atoms with van der Waals surface area (Å²) in [6.07, 6.45) is 3.06. The number of carbonyl (C=O) groups is 2. The molecule has 1 aliphatic heterocycles. The maximum Gasteiger partial charge on any atom is 0.258 e. The summed E-state index contributed by atoms with van der Waals surface area (Å²) in [5, 5.41) is 0. The largest absolute Gasteiger partial charge is 0.494 e. The number of benzene rings is 2. The van der Waals surface area contributed by atoms with Gasteiger partial charge >= 0.3 is 0 Å². The van der Waals surface area contributed by atoms with Crippen LogP contribution in [0.1, 0.15) is 36.5 Å². The molecule has 0 spiro atoms. The van der Waals surface area contributed by atoms with Crippen LogP contribution in [0.15, 0.2) is 48.5 Å². The van der Waals surface area contributed by atoms with Crippen molar-refractivity contribution in [3.05, 3.63) is 54.1 Å². The third-order valence-electron chi connectivity index (χ3n) is 6.33. The van der Waals surface area contributed by atoms with Gasteiger partial charge < -0.3 is 24.3 Å². The summed E-state index contributed by atoms with van der Waals surface area (Å²) in [4.78, 5) is 33.1. The molecule has 0 aromatic heterocycles. The molecule has 1 heterocycles. The molecule has 1 aliphatic rings. The smallest absolute Gasteiger partial charge is 0.258 e. The van der Waals surface area contributed by atoms with Crippen LogP contribution >= 0.6 is 0 Å². The van der Waals surface area contributed by atoms with Crippen molar-refractivity contribution in [2.75, 3.05) is 64.2 Å². The van der Waals surface area contributed by atoms with Crippen LogP contribution in [0.5, 0.6) is 5.75 Å². The number of hydrogen-bond acceptors (Lipinski definition) is 5. The molecule has 34 heavy (non-hydrogen) atoms. The number of ether oxygens (including phenoxy) is 1. The predicted octanol–water partition coefficient (Wildman–Crippen LogP) is 3.74. The van der Waals surface area contributed by atoms with Crippen LogP contribution in [-0.2, 0) is 4.79 Å². The van der Waals surface area contributed by atoms with Gasteiger partial charge in [-0.15, -0.1) is 0 Å². The van der Waals surface area contributed by atoms with E-state index in [-0.39, 0.29) is 17.9 Å². The van der Waals surface area contributed by atoms with Crippen molar-refractivity contribution in [2.24, 2.45) is 0 Å². The molecule has 2 aromatic carbocycles. The molecule has 184 valence electrons. The van der Waals surface area contributed by atoms with Crippen LogP contribution in [0.25, 0.3) is 0 Å². The van der Waals surface area contributed by atoms with Gasteiger partial charge in [-0.1, -0.05) is 13.3 Å². The number of amides is 2. The summed E-state index contributed by atoms with van der Waals surface area (Å²) in [5.41, 5.74) is 2.57. The quantitative estimate of drug-likeness (QED) is 0.500. The molecule has 0 aliphatic carbocycles. The Balaban J connectivity index is 1.57. The lowest BCUT2D eigenvalue weighted by Crippen LogP contribution is -2.43. The first-order valence-corrected chi connectivity index (χ1v) is 12.1. The van der Waals surface area contributed by atoms with Crippen molar-refractivity contribution in [2.45, 2.75) is 32.2 Å². The number of unbranched alkanes of at least 4 members (excludes halogenated alkanes) is 1. The van der Waals surface area contributed by atoms with E-state index in [1.165, 1.54) is 0 Å². The minimum absolute atomic E-state index is 0.0601. The molecule has 2 amide bonds. The number of carbonyl (C=O) groups excluding carboxylic acids is 2. The lowest BCUT2D eigenvalue weighted by Gasteiger charge is -2.27. The van der Waals surface area contributed by atoms with Crippen molar-refractivity contribution >= 4 is 23.2 Å². The van der Waals surface area contributed by atoms with Gasteiger partial charge in [-0.25, -0.2) is 0 Å². The number of anilines is 2. The Hall–Kier alpha value is -3.06. The maximum atomic E-state index is 12.9. The van der Waals surface area contributed by atoms with Crippen LogP contribution in [0.2, 0.25) is 0 Å². The van der Waals surface area contributed by atoms with Crippen LogP contribution in [0.3, 0.4) is 0 Å². The highest BCUT2D eigenvalue weighted by Crippen LogP contribution is 2.26. The molecule has 0 N–H and O–H groups in total. The van der Waals surface area contributed by atoms with E-state index < -0.39 is 0 Å². The van der Waals surface area contributed by atoms with Crippen molar-refractivity contribution < 1.29 is 14.3 Å². The molecule has 1 saturated heterocycles. The molecular formula is C27H38N4O3. The van der Waals surface area contributed by atoms with E-state index in [0.29, 0.717) is 18.7 Å². The summed E-state index contributed by atoms with van der Waals surface area (Å²) in [6.45, 7) is 4.97. The van der Waals surface area contributed by atoms with E-state index in [9.17, 15) is 9.59 Å². The Bertz CT molecular complexity index is 943. The van der Waals surface area contributed by atoms with Gasteiger partial charge in [0.2, 0.25) is 5.91 Å². The van der Waals surface area contributed by atoms with Crippen molar-refractivity contribution in [3.63, 3.8) is 0 Å². The summed E-state index contributed by atoms with van der Waals surface area (Å²) in [5.74, 6) is 0.873. The molecular weight excluding hydrogens is 428 g/mol. The van der Waals surface area contributed by atoms with E-state index >= 15 is 0 Å². The SMILES string of the molecule is CCCCOc1ccc(C(=O)N(C)c2ccc(N3CC[C@@H](N(C)C(=O)CN(C)C)C3)cc2)cc1. The van der Waals surface area contributed by atoms with Gasteiger partial charge in [0.25, 0.3) is 5.91 Å². The molecule has 0 radical (unpaired) electrons. The first-order valence-electron chi connectivity index (χ1n) is 12.1. The van der Waals surface area contributed by atoms with Crippen LogP contribution in [0.4, 0.5) is 11.4 Å². The average Bonchev–Trinajstić information content (AvgIpc) is 3.33. The molecule has 1 atom stereocenters. The van der Waals surface area contributed by atoms with Gasteiger partial charge in [0.15, 0.2) is 0 Å². The zero-order chi connectivity index (χ0) is 24.7. The monoisotopic (exact) mass is 466 g/mol. The first-order chi connectivity index (χ1) is 16.3. The summed E-state index contributed by atoms with van der Waals surface area (Å²) in [7, 11) is 7.51. The normalized spacial score (nSPS) is 15.5. The third kappa shape index (κ3) is 6.50. The second kappa shape index (κ2) is 11.9. The topological polar surface area (TPSA) is 56.3 Å². The number of rotatable bonds is 10. The van der Waals surface area contributed by atoms with Crippen molar-refractivity contribution in [3.8, 4) is 5.75 Å². The first kappa shape index (κ1) is 25.6. The zero-order valence-corrected chi connectivity index (χ0v) is 21.2. The molecule has 3 rings (SSSR count). The summed E-state index contributed by atoms with van der Waals surface area (Å²) in [6, 6.07) is 15.6. The Morgan fingerprint density at radius 1 is 1.00 bits per heavy atom. The molecule has 1 fully saturated rings. The van der Waals surface area contributed by atoms with Gasteiger partial charge in [0, 0.05) is 44.1 Å². The molecule has 0 saturated carbocycles. The molecule has 7 nitrogen and oxygen atoms in total. The lowest BCUT2D eigenvalue weighted by atomic mass is 10.1. The predicted molar refractivity (Wildman–Crippen MR) is 138 cm³/mol. The second-order valence-electron chi connectivity index (χ2n) is 9.24. The number of nitrogens with zero attached hydrogens (tertiary/aromatic N) is 4. The highest BCUT2D eigenvalue weighted by molar-refractivity contribution is 6.05. The van der Waals surface area contributed by atoms with Crippen molar-refractivity contribution in [1.82, 2.24) is 9.80 Å². The Kier molecular flexibility index (Phi) is 8.93. The average molecular weight is 467 g/mol. The molecule has 7 heteroatoms. The Morgan fingerprint density at radius 3 is 2.29 bits per heavy atom. The highest BCUT2D eigenvalue weighted by atomic mass is 16.5. The van der Waals surface area contributed by atoms with E-state index in [0.717, 1.165) is 49.5 Å². The van der Waals surface area contributed by atoms with Crippen molar-refractivity contribution in [1.29, 1.82) is 0 Å². The van der Waals surface area contributed by atoms with E-state index in [1.54, 1.807) is 11.9 Å². The van der Waals surface area contributed by atoms with Gasteiger partial charge in [-0.05, 0) is 75.5 Å². The Labute approximate surface area is 203 Å². The molecule has 0 unspecified atom stereocenters. The number of likely N-dealkylation sites (N-methyl/N-ethyl adjacent to an activating group) is 2. The van der Waals surface area contributed by atoms with Crippen LogP contribution in [-0.4, -0.2) is 82.1 Å². The fraction of sp³-hybridized carbons (Fsp3) is 0.481. The van der Waals surface area contributed by atoms with Gasteiger partial charge in [-0.2, -0.15) is 0 Å². The van der Waals surface area contributed by atoms with Gasteiger partial charge in [0.05, 0.1) is 19.2 Å². The lowest BCUT2D eigenvalue weighted by molar-refractivity contribution is -0.132. The maximum absolute atomic E-state index is 12.9.